The molecule has 0 saturated heterocycles. The zero-order valence-electron chi connectivity index (χ0n) is 18.6. The van der Waals surface area contributed by atoms with E-state index in [9.17, 15) is 26.8 Å². The highest BCUT2D eigenvalue weighted by Gasteiger charge is 2.36. The van der Waals surface area contributed by atoms with Gasteiger partial charge in [0.15, 0.2) is 0 Å². The molecule has 34 heavy (non-hydrogen) atoms. The highest BCUT2D eigenvalue weighted by Crippen LogP contribution is 2.27. The Labute approximate surface area is 202 Å². The molecule has 3 rings (SSSR count). The molecule has 11 heteroatoms. The van der Waals surface area contributed by atoms with E-state index in [4.69, 9.17) is 17.3 Å². The van der Waals surface area contributed by atoms with Crippen molar-refractivity contribution in [2.45, 2.75) is 50.1 Å². The molecule has 7 nitrogen and oxygen atoms in total. The molecule has 2 N–H and O–H groups in total. The Hall–Kier alpha value is -2.56. The molecule has 1 heterocycles. The number of amides is 2. The smallest absolute Gasteiger partial charge is 0.254 e. The van der Waals surface area contributed by atoms with Gasteiger partial charge in [0.1, 0.15) is 6.04 Å². The topological polar surface area (TPSA) is 101 Å². The van der Waals surface area contributed by atoms with Crippen LogP contribution in [-0.4, -0.2) is 55.0 Å². The number of nitrogens with zero attached hydrogens (tertiary/aromatic N) is 2. The van der Waals surface area contributed by atoms with Gasteiger partial charge < -0.3 is 10.6 Å². The van der Waals surface area contributed by atoms with Crippen LogP contribution in [0, 0.1) is 0 Å². The summed E-state index contributed by atoms with van der Waals surface area (Å²) in [5, 5.41) is 0.315. The lowest BCUT2D eigenvalue weighted by Gasteiger charge is -2.30. The fourth-order valence-electron chi connectivity index (χ4n) is 3.99. The van der Waals surface area contributed by atoms with Crippen LogP contribution < -0.4 is 5.73 Å². The van der Waals surface area contributed by atoms with E-state index in [1.54, 1.807) is 23.1 Å². The van der Waals surface area contributed by atoms with E-state index in [1.807, 2.05) is 6.92 Å². The van der Waals surface area contributed by atoms with Crippen molar-refractivity contribution in [3.63, 3.8) is 0 Å². The van der Waals surface area contributed by atoms with Crippen LogP contribution in [0.5, 0.6) is 0 Å². The van der Waals surface area contributed by atoms with Gasteiger partial charge in [-0.3, -0.25) is 9.59 Å². The number of rotatable bonds is 10. The molecule has 2 amide bonds. The minimum Gasteiger partial charge on any atom is -0.368 e. The zero-order chi connectivity index (χ0) is 25.0. The van der Waals surface area contributed by atoms with Gasteiger partial charge in [0, 0.05) is 36.6 Å². The van der Waals surface area contributed by atoms with Crippen LogP contribution in [0.2, 0.25) is 5.02 Å². The zero-order valence-corrected chi connectivity index (χ0v) is 20.2. The first-order valence-electron chi connectivity index (χ1n) is 10.8. The van der Waals surface area contributed by atoms with Gasteiger partial charge in [-0.1, -0.05) is 23.7 Å². The van der Waals surface area contributed by atoms with E-state index in [2.05, 4.69) is 0 Å². The van der Waals surface area contributed by atoms with E-state index in [-0.39, 0.29) is 17.3 Å². The number of nitrogens with two attached hydrogens (primary N) is 1. The van der Waals surface area contributed by atoms with Crippen molar-refractivity contribution < 1.29 is 26.8 Å². The van der Waals surface area contributed by atoms with Crippen LogP contribution in [0.4, 0.5) is 8.78 Å². The number of hydrogen-bond acceptors (Lipinski definition) is 4. The van der Waals surface area contributed by atoms with Crippen molar-refractivity contribution >= 4 is 33.4 Å². The average molecular weight is 514 g/mol. The van der Waals surface area contributed by atoms with Gasteiger partial charge in [-0.25, -0.2) is 17.2 Å². The minimum atomic E-state index is -4.30. The summed E-state index contributed by atoms with van der Waals surface area (Å²) < 4.78 is 53.7. The SMILES string of the molecule is CCN1CCc2cc(CN([C@H](CCC(F)F)C(N)=O)S(=O)(=O)c3ccc(Cl)cc3)ccc2C1=O. The Morgan fingerprint density at radius 3 is 2.44 bits per heavy atom. The summed E-state index contributed by atoms with van der Waals surface area (Å²) in [4.78, 5) is 26.4. The van der Waals surface area contributed by atoms with Crippen LogP contribution in [0.1, 0.15) is 41.3 Å². The molecule has 0 saturated carbocycles. The van der Waals surface area contributed by atoms with Crippen LogP contribution in [-0.2, 0) is 27.8 Å². The van der Waals surface area contributed by atoms with Crippen molar-refractivity contribution in [3.05, 3.63) is 64.2 Å². The summed E-state index contributed by atoms with van der Waals surface area (Å²) in [6.07, 6.45) is -3.25. The summed E-state index contributed by atoms with van der Waals surface area (Å²) in [6.45, 7) is 2.73. The molecule has 0 bridgehead atoms. The fraction of sp³-hybridized carbons (Fsp3) is 0.391. The lowest BCUT2D eigenvalue weighted by atomic mass is 9.96. The van der Waals surface area contributed by atoms with Gasteiger partial charge in [0.25, 0.3) is 5.91 Å². The second kappa shape index (κ2) is 10.8. The lowest BCUT2D eigenvalue weighted by molar-refractivity contribution is -0.122. The fourth-order valence-corrected chi connectivity index (χ4v) is 5.73. The van der Waals surface area contributed by atoms with Crippen molar-refractivity contribution in [1.82, 2.24) is 9.21 Å². The van der Waals surface area contributed by atoms with Crippen LogP contribution >= 0.6 is 11.6 Å². The van der Waals surface area contributed by atoms with Crippen molar-refractivity contribution in [2.75, 3.05) is 13.1 Å². The molecular weight excluding hydrogens is 488 g/mol. The number of alkyl halides is 2. The third-order valence-electron chi connectivity index (χ3n) is 5.81. The van der Waals surface area contributed by atoms with Crippen molar-refractivity contribution in [3.8, 4) is 0 Å². The number of hydrogen-bond donors (Lipinski definition) is 1. The van der Waals surface area contributed by atoms with E-state index in [1.165, 1.54) is 24.3 Å². The third kappa shape index (κ3) is 5.73. The van der Waals surface area contributed by atoms with E-state index >= 15 is 0 Å². The number of benzene rings is 2. The standard InChI is InChI=1S/C23H26ClF2N3O4S/c1-2-28-12-11-16-13-15(3-8-19(16)23(28)31)14-29(20(22(27)30)9-10-21(25)26)34(32,33)18-6-4-17(24)5-7-18/h3-8,13,20-21H,2,9-12,14H2,1H3,(H2,27,30)/t20-/m1/s1. The van der Waals surface area contributed by atoms with E-state index < -0.39 is 41.2 Å². The summed E-state index contributed by atoms with van der Waals surface area (Å²) >= 11 is 5.87. The molecule has 0 radical (unpaired) electrons. The lowest BCUT2D eigenvalue weighted by Crippen LogP contribution is -2.47. The molecule has 1 aliphatic heterocycles. The Bertz CT molecular complexity index is 1160. The maximum Gasteiger partial charge on any atom is 0.254 e. The Morgan fingerprint density at radius 2 is 1.85 bits per heavy atom. The Balaban J connectivity index is 2.01. The number of carbonyl (C=O) groups is 2. The normalized spacial score (nSPS) is 15.0. The monoisotopic (exact) mass is 513 g/mol. The van der Waals surface area contributed by atoms with E-state index in [0.717, 1.165) is 9.87 Å². The largest absolute Gasteiger partial charge is 0.368 e. The molecule has 0 unspecified atom stereocenters. The highest BCUT2D eigenvalue weighted by molar-refractivity contribution is 7.89. The molecular formula is C23H26ClF2N3O4S. The molecule has 0 aromatic heterocycles. The van der Waals surface area contributed by atoms with Gasteiger partial charge >= 0.3 is 0 Å². The first kappa shape index (κ1) is 26.1. The van der Waals surface area contributed by atoms with Crippen LogP contribution in [0.25, 0.3) is 0 Å². The van der Waals surface area contributed by atoms with Gasteiger partial charge in [-0.2, -0.15) is 4.31 Å². The van der Waals surface area contributed by atoms with Crippen LogP contribution in [0.15, 0.2) is 47.4 Å². The molecule has 2 aromatic rings. The highest BCUT2D eigenvalue weighted by atomic mass is 35.5. The maximum atomic E-state index is 13.5. The maximum absolute atomic E-state index is 13.5. The Kier molecular flexibility index (Phi) is 8.27. The van der Waals surface area contributed by atoms with Crippen LogP contribution in [0.3, 0.4) is 0 Å². The molecule has 184 valence electrons. The van der Waals surface area contributed by atoms with Crippen molar-refractivity contribution in [2.24, 2.45) is 5.73 Å². The summed E-state index contributed by atoms with van der Waals surface area (Å²) in [5.74, 6) is -1.13. The van der Waals surface area contributed by atoms with Gasteiger partial charge in [0.2, 0.25) is 22.4 Å². The first-order valence-corrected chi connectivity index (χ1v) is 12.6. The van der Waals surface area contributed by atoms with E-state index in [0.29, 0.717) is 35.7 Å². The molecule has 1 atom stereocenters. The third-order valence-corrected chi connectivity index (χ3v) is 7.93. The van der Waals surface area contributed by atoms with Crippen molar-refractivity contribution in [1.29, 1.82) is 0 Å². The predicted molar refractivity (Wildman–Crippen MR) is 124 cm³/mol. The number of carbonyl (C=O) groups excluding carboxylic acids is 2. The number of fused-ring (bicyclic) bond motifs is 1. The first-order chi connectivity index (χ1) is 16.0. The second-order valence-electron chi connectivity index (χ2n) is 8.02. The molecule has 1 aliphatic rings. The minimum absolute atomic E-state index is 0.104. The molecule has 2 aromatic carbocycles. The van der Waals surface area contributed by atoms with Gasteiger partial charge in [0.05, 0.1) is 4.90 Å². The molecule has 0 spiro atoms. The predicted octanol–water partition coefficient (Wildman–Crippen LogP) is 3.45. The number of sulfonamides is 1. The van der Waals surface area contributed by atoms with Gasteiger partial charge in [-0.15, -0.1) is 0 Å². The summed E-state index contributed by atoms with van der Waals surface area (Å²) in [7, 11) is -4.30. The summed E-state index contributed by atoms with van der Waals surface area (Å²) in [6, 6.07) is 8.79. The molecule has 0 aliphatic carbocycles. The molecule has 0 fully saturated rings. The number of primary amides is 1. The number of likely N-dealkylation sites (N-methyl/N-ethyl adjacent to an activating group) is 1. The number of halogens is 3. The second-order valence-corrected chi connectivity index (χ2v) is 10.3. The Morgan fingerprint density at radius 1 is 1.18 bits per heavy atom. The average Bonchev–Trinajstić information content (AvgIpc) is 2.78. The quantitative estimate of drug-likeness (QED) is 0.526. The summed E-state index contributed by atoms with van der Waals surface area (Å²) in [5.41, 5.74) is 7.28. The van der Waals surface area contributed by atoms with Gasteiger partial charge in [-0.05, 0) is 61.2 Å².